The van der Waals surface area contributed by atoms with E-state index in [9.17, 15) is 4.79 Å². The van der Waals surface area contributed by atoms with E-state index in [4.69, 9.17) is 24.7 Å². The van der Waals surface area contributed by atoms with Crippen molar-refractivity contribution < 1.29 is 23.7 Å². The number of methoxy groups -OCH3 is 4. The van der Waals surface area contributed by atoms with E-state index in [0.29, 0.717) is 31.2 Å². The molecule has 10 heteroatoms. The van der Waals surface area contributed by atoms with Crippen LogP contribution in [0.25, 0.3) is 0 Å². The van der Waals surface area contributed by atoms with E-state index in [0.717, 1.165) is 54.3 Å². The Balaban J connectivity index is 1.58. The van der Waals surface area contributed by atoms with Gasteiger partial charge in [-0.3, -0.25) is 9.80 Å². The molecule has 2 fully saturated rings. The van der Waals surface area contributed by atoms with Gasteiger partial charge in [-0.1, -0.05) is 19.6 Å². The van der Waals surface area contributed by atoms with Crippen molar-refractivity contribution in [3.63, 3.8) is 0 Å². The van der Waals surface area contributed by atoms with Crippen LogP contribution in [0.2, 0.25) is 0 Å². The molecule has 3 heterocycles. The highest BCUT2D eigenvalue weighted by molar-refractivity contribution is 5.88. The third-order valence-corrected chi connectivity index (χ3v) is 7.98. The monoisotopic (exact) mass is 539 g/mol. The molecule has 2 N–H and O–H groups in total. The molecule has 0 aliphatic carbocycles. The van der Waals surface area contributed by atoms with Crippen molar-refractivity contribution in [2.75, 3.05) is 54.6 Å². The van der Waals surface area contributed by atoms with Crippen molar-refractivity contribution in [3.05, 3.63) is 59.3 Å². The number of carbonyl (C=O) groups excluding carboxylic acids is 1. The highest BCUT2D eigenvalue weighted by Gasteiger charge is 2.54. The number of nitrogens with zero attached hydrogens (tertiary/aromatic N) is 4. The molecular weight excluding hydrogens is 498 g/mol. The van der Waals surface area contributed by atoms with E-state index < -0.39 is 0 Å². The van der Waals surface area contributed by atoms with Gasteiger partial charge in [0.05, 0.1) is 52.3 Å². The molecular formula is C29H41N5O5. The van der Waals surface area contributed by atoms with E-state index >= 15 is 0 Å². The second kappa shape index (κ2) is 11.6. The van der Waals surface area contributed by atoms with E-state index in [-0.39, 0.29) is 23.4 Å². The lowest BCUT2D eigenvalue weighted by Gasteiger charge is -2.44. The number of urea groups is 1. The SMILES string of the molecule is C=C(CN1CCC2(CC1)C1=C[C@H](C)c3c(cc(OC)cc3OC)CN1C(=O)N2CC)N=C(/C=C(\N)OC)OC. The standard InChI is InChI=1S/C29H41N5O5/c1-8-34-28(35)33-18-21-14-22(36-4)15-23(37-5)27(21)19(2)13-24(33)29(34)9-11-32(12-10-29)17-20(3)31-26(39-7)16-25(30)38-6/h13-16,19H,3,8-12,17-18,30H2,1-2,4-7H3/b25-16+,31-26?/t19-/m0/s1. The first-order valence-electron chi connectivity index (χ1n) is 13.3. The summed E-state index contributed by atoms with van der Waals surface area (Å²) in [4.78, 5) is 24.6. The molecule has 3 aliphatic heterocycles. The predicted molar refractivity (Wildman–Crippen MR) is 151 cm³/mol. The normalized spacial score (nSPS) is 21.2. The van der Waals surface area contributed by atoms with Gasteiger partial charge in [0, 0.05) is 49.4 Å². The van der Waals surface area contributed by atoms with Crippen LogP contribution < -0.4 is 15.2 Å². The molecule has 2 amide bonds. The number of piperidine rings is 1. The number of rotatable bonds is 8. The van der Waals surface area contributed by atoms with Gasteiger partial charge in [0.1, 0.15) is 11.5 Å². The van der Waals surface area contributed by atoms with Crippen LogP contribution in [0, 0.1) is 0 Å². The molecule has 1 aromatic rings. The smallest absolute Gasteiger partial charge is 0.325 e. The van der Waals surface area contributed by atoms with Crippen molar-refractivity contribution in [2.45, 2.75) is 44.7 Å². The number of amides is 2. The molecule has 2 saturated heterocycles. The zero-order valence-electron chi connectivity index (χ0n) is 24.0. The number of ether oxygens (including phenoxy) is 4. The van der Waals surface area contributed by atoms with Crippen molar-refractivity contribution >= 4 is 11.9 Å². The maximum Gasteiger partial charge on any atom is 0.325 e. The molecule has 212 valence electrons. The van der Waals surface area contributed by atoms with Gasteiger partial charge in [-0.05, 0) is 31.4 Å². The number of carbonyl (C=O) groups is 1. The first-order chi connectivity index (χ1) is 18.7. The second-order valence-electron chi connectivity index (χ2n) is 10.1. The molecule has 3 aliphatic rings. The van der Waals surface area contributed by atoms with Crippen LogP contribution >= 0.6 is 0 Å². The van der Waals surface area contributed by atoms with Crippen molar-refractivity contribution in [3.8, 4) is 11.5 Å². The molecule has 1 spiro atoms. The van der Waals surface area contributed by atoms with Crippen LogP contribution in [-0.4, -0.2) is 86.8 Å². The maximum absolute atomic E-state index is 13.8. The number of likely N-dealkylation sites (N-methyl/N-ethyl adjacent to an activating group) is 1. The Bertz CT molecular complexity index is 1200. The molecule has 0 bridgehead atoms. The van der Waals surface area contributed by atoms with Crippen molar-refractivity contribution in [2.24, 2.45) is 10.7 Å². The Morgan fingerprint density at radius 2 is 1.90 bits per heavy atom. The molecule has 0 aromatic heterocycles. The fraction of sp³-hybridized carbons (Fsp3) is 0.517. The largest absolute Gasteiger partial charge is 0.497 e. The van der Waals surface area contributed by atoms with E-state index in [1.54, 1.807) is 14.2 Å². The Labute approximate surface area is 231 Å². The van der Waals surface area contributed by atoms with Gasteiger partial charge in [-0.25, -0.2) is 9.79 Å². The summed E-state index contributed by atoms with van der Waals surface area (Å²) < 4.78 is 21.6. The second-order valence-corrected chi connectivity index (χ2v) is 10.1. The van der Waals surface area contributed by atoms with Gasteiger partial charge >= 0.3 is 6.03 Å². The summed E-state index contributed by atoms with van der Waals surface area (Å²) in [5.74, 6) is 2.14. The van der Waals surface area contributed by atoms with E-state index in [1.807, 2.05) is 17.0 Å². The van der Waals surface area contributed by atoms with Crippen LogP contribution in [0.1, 0.15) is 43.7 Å². The van der Waals surface area contributed by atoms with Crippen LogP contribution in [0.3, 0.4) is 0 Å². The Hall–Kier alpha value is -3.66. The topological polar surface area (TPSA) is 102 Å². The van der Waals surface area contributed by atoms with Crippen LogP contribution in [-0.2, 0) is 16.0 Å². The molecule has 39 heavy (non-hydrogen) atoms. The van der Waals surface area contributed by atoms with Gasteiger partial charge in [0.25, 0.3) is 0 Å². The summed E-state index contributed by atoms with van der Waals surface area (Å²) in [5, 5.41) is 0. The van der Waals surface area contributed by atoms with E-state index in [2.05, 4.69) is 41.3 Å². The summed E-state index contributed by atoms with van der Waals surface area (Å²) in [5.41, 5.74) is 9.29. The van der Waals surface area contributed by atoms with Gasteiger partial charge < -0.3 is 29.6 Å². The summed E-state index contributed by atoms with van der Waals surface area (Å²) in [7, 11) is 6.35. The predicted octanol–water partition coefficient (Wildman–Crippen LogP) is 3.80. The molecule has 1 atom stereocenters. The fourth-order valence-electron chi connectivity index (χ4n) is 6.11. The van der Waals surface area contributed by atoms with Crippen molar-refractivity contribution in [1.29, 1.82) is 0 Å². The molecule has 10 nitrogen and oxygen atoms in total. The summed E-state index contributed by atoms with van der Waals surface area (Å²) in [6.45, 7) is 11.7. The lowest BCUT2D eigenvalue weighted by molar-refractivity contribution is 0.0966. The fourth-order valence-corrected chi connectivity index (χ4v) is 6.11. The van der Waals surface area contributed by atoms with Gasteiger partial charge in [-0.2, -0.15) is 0 Å². The molecule has 0 unspecified atom stereocenters. The summed E-state index contributed by atoms with van der Waals surface area (Å²) in [6, 6.07) is 4.00. The lowest BCUT2D eigenvalue weighted by atomic mass is 9.82. The average Bonchev–Trinajstić information content (AvgIpc) is 3.03. The molecule has 1 aromatic carbocycles. The van der Waals surface area contributed by atoms with Crippen molar-refractivity contribution in [1.82, 2.24) is 14.7 Å². The number of hydrogen-bond donors (Lipinski definition) is 1. The minimum absolute atomic E-state index is 0.0558. The summed E-state index contributed by atoms with van der Waals surface area (Å²) >= 11 is 0. The van der Waals surface area contributed by atoms with Crippen LogP contribution in [0.4, 0.5) is 4.79 Å². The lowest BCUT2D eigenvalue weighted by Crippen LogP contribution is -2.53. The Morgan fingerprint density at radius 1 is 1.18 bits per heavy atom. The number of allylic oxidation sites excluding steroid dienone is 1. The molecule has 4 rings (SSSR count). The minimum atomic E-state index is -0.353. The first-order valence-corrected chi connectivity index (χ1v) is 13.3. The highest BCUT2D eigenvalue weighted by atomic mass is 16.5. The summed E-state index contributed by atoms with van der Waals surface area (Å²) in [6.07, 6.45) is 5.44. The number of hydrogen-bond acceptors (Lipinski definition) is 8. The zero-order chi connectivity index (χ0) is 28.3. The van der Waals surface area contributed by atoms with E-state index in [1.165, 1.54) is 20.3 Å². The average molecular weight is 540 g/mol. The Morgan fingerprint density at radius 3 is 2.49 bits per heavy atom. The number of likely N-dealkylation sites (tertiary alicyclic amines) is 1. The number of fused-ring (bicyclic) bond motifs is 3. The quantitative estimate of drug-likeness (QED) is 0.305. The minimum Gasteiger partial charge on any atom is -0.497 e. The first kappa shape index (κ1) is 28.4. The molecule has 0 saturated carbocycles. The van der Waals surface area contributed by atoms with Crippen LogP contribution in [0.15, 0.2) is 53.1 Å². The number of benzene rings is 1. The number of nitrogens with two attached hydrogens (primary N) is 1. The highest BCUT2D eigenvalue weighted by Crippen LogP contribution is 2.49. The maximum atomic E-state index is 13.8. The zero-order valence-corrected chi connectivity index (χ0v) is 24.0. The van der Waals surface area contributed by atoms with Gasteiger partial charge in [0.15, 0.2) is 5.88 Å². The Kier molecular flexibility index (Phi) is 8.44. The third kappa shape index (κ3) is 5.30. The van der Waals surface area contributed by atoms with Gasteiger partial charge in [-0.15, -0.1) is 0 Å². The number of aliphatic imine (C=N–C) groups is 1. The van der Waals surface area contributed by atoms with Gasteiger partial charge in [0.2, 0.25) is 5.90 Å². The third-order valence-electron chi connectivity index (χ3n) is 7.98. The molecule has 0 radical (unpaired) electrons. The van der Waals surface area contributed by atoms with Crippen LogP contribution in [0.5, 0.6) is 11.5 Å².